The van der Waals surface area contributed by atoms with Crippen LogP contribution in [0, 0.1) is 0 Å². The molecule has 0 N–H and O–H groups in total. The van der Waals surface area contributed by atoms with Gasteiger partial charge in [-0.15, -0.1) is 0 Å². The lowest BCUT2D eigenvalue weighted by molar-refractivity contribution is -0.143. The summed E-state index contributed by atoms with van der Waals surface area (Å²) < 4.78 is 0. The van der Waals surface area contributed by atoms with Gasteiger partial charge in [0.25, 0.3) is 5.91 Å². The van der Waals surface area contributed by atoms with Gasteiger partial charge in [-0.25, -0.2) is 0 Å². The average Bonchev–Trinajstić information content (AvgIpc) is 2.15. The van der Waals surface area contributed by atoms with Gasteiger partial charge >= 0.3 is 0 Å². The predicted octanol–water partition coefficient (Wildman–Crippen LogP) is 0.896. The predicted molar refractivity (Wildman–Crippen MR) is 48.1 cm³/mol. The van der Waals surface area contributed by atoms with Gasteiger partial charge in [0.1, 0.15) is 0 Å². The van der Waals surface area contributed by atoms with Gasteiger partial charge in [0, 0.05) is 7.05 Å². The Hall–Kier alpha value is -1.12. The zero-order valence-corrected chi connectivity index (χ0v) is 7.75. The van der Waals surface area contributed by atoms with Gasteiger partial charge in [0.15, 0.2) is 0 Å². The van der Waals surface area contributed by atoms with Crippen molar-refractivity contribution in [3.8, 4) is 0 Å². The van der Waals surface area contributed by atoms with Crippen molar-refractivity contribution in [3.63, 3.8) is 0 Å². The van der Waals surface area contributed by atoms with Crippen molar-refractivity contribution in [2.24, 2.45) is 0 Å². The molecule has 1 saturated carbocycles. The third-order valence-electron chi connectivity index (χ3n) is 2.94. The smallest absolute Gasteiger partial charge is 0.294 e. The van der Waals surface area contributed by atoms with Crippen molar-refractivity contribution < 1.29 is 9.59 Å². The van der Waals surface area contributed by atoms with Crippen LogP contribution in [0.4, 0.5) is 0 Å². The monoisotopic (exact) mass is 179 g/mol. The highest BCUT2D eigenvalue weighted by Gasteiger charge is 2.33. The Labute approximate surface area is 77.4 Å². The Kier molecular flexibility index (Phi) is 1.94. The zero-order valence-electron chi connectivity index (χ0n) is 7.75. The Morgan fingerprint density at radius 3 is 2.92 bits per heavy atom. The van der Waals surface area contributed by atoms with E-state index >= 15 is 0 Å². The van der Waals surface area contributed by atoms with Gasteiger partial charge in [-0.3, -0.25) is 9.59 Å². The molecule has 3 nitrogen and oxygen atoms in total. The quantitative estimate of drug-likeness (QED) is 0.518. The lowest BCUT2D eigenvalue weighted by Crippen LogP contribution is -2.46. The third kappa shape index (κ3) is 1.28. The Bertz CT molecular complexity index is 293. The highest BCUT2D eigenvalue weighted by atomic mass is 16.2. The van der Waals surface area contributed by atoms with Crippen LogP contribution in [0.15, 0.2) is 11.6 Å². The molecule has 3 heteroatoms. The van der Waals surface area contributed by atoms with Gasteiger partial charge in [0.05, 0.1) is 6.04 Å². The number of amides is 1. The number of hydrogen-bond acceptors (Lipinski definition) is 2. The SMILES string of the molecule is CN1C(=O)C(=O)C=C2CCCC[C@@H]21. The highest BCUT2D eigenvalue weighted by molar-refractivity contribution is 6.41. The van der Waals surface area contributed by atoms with Crippen LogP contribution < -0.4 is 0 Å². The van der Waals surface area contributed by atoms with E-state index in [-0.39, 0.29) is 17.7 Å². The molecule has 1 aliphatic heterocycles. The van der Waals surface area contributed by atoms with Crippen molar-refractivity contribution in [1.29, 1.82) is 0 Å². The summed E-state index contributed by atoms with van der Waals surface area (Å²) in [5.74, 6) is -0.702. The van der Waals surface area contributed by atoms with Crippen LogP contribution in [0.25, 0.3) is 0 Å². The molecular formula is C10H13NO2. The second kappa shape index (κ2) is 2.98. The van der Waals surface area contributed by atoms with Crippen molar-refractivity contribution in [2.45, 2.75) is 31.7 Å². The first kappa shape index (κ1) is 8.48. The van der Waals surface area contributed by atoms with Gasteiger partial charge in [0.2, 0.25) is 5.78 Å². The molecule has 2 aliphatic rings. The first-order valence-corrected chi connectivity index (χ1v) is 4.72. The molecule has 1 atom stereocenters. The number of carbonyl (C=O) groups is 2. The van der Waals surface area contributed by atoms with E-state index < -0.39 is 0 Å². The zero-order chi connectivity index (χ0) is 9.42. The van der Waals surface area contributed by atoms with Crippen LogP contribution in [-0.4, -0.2) is 29.7 Å². The summed E-state index contributed by atoms with van der Waals surface area (Å²) >= 11 is 0. The first-order valence-electron chi connectivity index (χ1n) is 4.72. The van der Waals surface area contributed by atoms with E-state index in [1.165, 1.54) is 0 Å². The number of likely N-dealkylation sites (N-methyl/N-ethyl adjacent to an activating group) is 1. The molecule has 0 aromatic carbocycles. The first-order chi connectivity index (χ1) is 6.20. The number of hydrogen-bond donors (Lipinski definition) is 0. The lowest BCUT2D eigenvalue weighted by atomic mass is 9.86. The molecule has 0 bridgehead atoms. The minimum absolute atomic E-state index is 0.207. The highest BCUT2D eigenvalue weighted by Crippen LogP contribution is 2.29. The number of nitrogens with zero attached hydrogens (tertiary/aromatic N) is 1. The summed E-state index contributed by atoms with van der Waals surface area (Å²) in [7, 11) is 1.73. The van der Waals surface area contributed by atoms with Crippen molar-refractivity contribution in [3.05, 3.63) is 11.6 Å². The van der Waals surface area contributed by atoms with E-state index in [4.69, 9.17) is 0 Å². The van der Waals surface area contributed by atoms with Gasteiger partial charge in [-0.05, 0) is 30.9 Å². The van der Waals surface area contributed by atoms with Gasteiger partial charge < -0.3 is 4.90 Å². The minimum Gasteiger partial charge on any atom is -0.332 e. The second-order valence-electron chi connectivity index (χ2n) is 3.76. The maximum Gasteiger partial charge on any atom is 0.294 e. The van der Waals surface area contributed by atoms with Crippen LogP contribution in [0.1, 0.15) is 25.7 Å². The van der Waals surface area contributed by atoms with Gasteiger partial charge in [-0.1, -0.05) is 6.42 Å². The molecule has 0 spiro atoms. The Morgan fingerprint density at radius 1 is 1.38 bits per heavy atom. The average molecular weight is 179 g/mol. The standard InChI is InChI=1S/C10H13NO2/c1-11-8-5-3-2-4-7(8)6-9(12)10(11)13/h6,8H,2-5H2,1H3/t8-/m0/s1. The molecule has 1 heterocycles. The maximum absolute atomic E-state index is 11.3. The summed E-state index contributed by atoms with van der Waals surface area (Å²) in [5.41, 5.74) is 1.15. The fourth-order valence-electron chi connectivity index (χ4n) is 2.18. The van der Waals surface area contributed by atoms with Crippen molar-refractivity contribution in [2.75, 3.05) is 7.05 Å². The van der Waals surface area contributed by atoms with E-state index in [0.29, 0.717) is 0 Å². The van der Waals surface area contributed by atoms with E-state index in [1.54, 1.807) is 18.0 Å². The molecular weight excluding hydrogens is 166 g/mol. The lowest BCUT2D eigenvalue weighted by Gasteiger charge is -2.35. The molecule has 2 rings (SSSR count). The molecule has 1 aliphatic carbocycles. The summed E-state index contributed by atoms with van der Waals surface area (Å²) in [4.78, 5) is 24.1. The van der Waals surface area contributed by atoms with Crippen molar-refractivity contribution in [1.82, 2.24) is 4.90 Å². The molecule has 0 aromatic heterocycles. The molecule has 0 radical (unpaired) electrons. The Balaban J connectivity index is 2.32. The fraction of sp³-hybridized carbons (Fsp3) is 0.600. The molecule has 1 fully saturated rings. The van der Waals surface area contributed by atoms with Crippen LogP contribution in [0.3, 0.4) is 0 Å². The molecule has 0 aromatic rings. The molecule has 1 amide bonds. The molecule has 0 unspecified atom stereocenters. The summed E-state index contributed by atoms with van der Waals surface area (Å²) in [5, 5.41) is 0. The van der Waals surface area contributed by atoms with E-state index in [2.05, 4.69) is 0 Å². The van der Waals surface area contributed by atoms with Gasteiger partial charge in [-0.2, -0.15) is 0 Å². The molecule has 13 heavy (non-hydrogen) atoms. The van der Waals surface area contributed by atoms with Crippen LogP contribution >= 0.6 is 0 Å². The maximum atomic E-state index is 11.3. The topological polar surface area (TPSA) is 37.4 Å². The summed E-state index contributed by atoms with van der Waals surface area (Å²) in [6, 6.07) is 0.207. The largest absolute Gasteiger partial charge is 0.332 e. The number of carbonyl (C=O) groups excluding carboxylic acids is 2. The molecule has 0 saturated heterocycles. The van der Waals surface area contributed by atoms with Crippen LogP contribution in [0.2, 0.25) is 0 Å². The second-order valence-corrected chi connectivity index (χ2v) is 3.76. The van der Waals surface area contributed by atoms with E-state index in [1.807, 2.05) is 0 Å². The van der Waals surface area contributed by atoms with Crippen LogP contribution in [0.5, 0.6) is 0 Å². The van der Waals surface area contributed by atoms with Crippen LogP contribution in [-0.2, 0) is 9.59 Å². The molecule has 70 valence electrons. The normalized spacial score (nSPS) is 28.5. The fourth-order valence-corrected chi connectivity index (χ4v) is 2.18. The number of fused-ring (bicyclic) bond motifs is 1. The van der Waals surface area contributed by atoms with E-state index in [0.717, 1.165) is 31.3 Å². The minimum atomic E-state index is -0.351. The summed E-state index contributed by atoms with van der Waals surface area (Å²) in [6.07, 6.45) is 5.85. The summed E-state index contributed by atoms with van der Waals surface area (Å²) in [6.45, 7) is 0. The number of ketones is 1. The van der Waals surface area contributed by atoms with E-state index in [9.17, 15) is 9.59 Å². The van der Waals surface area contributed by atoms with Crippen molar-refractivity contribution >= 4 is 11.7 Å². The third-order valence-corrected chi connectivity index (χ3v) is 2.94. The number of rotatable bonds is 0. The Morgan fingerprint density at radius 2 is 2.15 bits per heavy atom.